The molecule has 41 heavy (non-hydrogen) atoms. The van der Waals surface area contributed by atoms with Gasteiger partial charge < -0.3 is 14.7 Å². The van der Waals surface area contributed by atoms with Crippen molar-refractivity contribution in [1.82, 2.24) is 9.80 Å². The van der Waals surface area contributed by atoms with Crippen LogP contribution in [0.2, 0.25) is 5.02 Å². The predicted octanol–water partition coefficient (Wildman–Crippen LogP) is 7.04. The number of rotatable bonds is 5. The third kappa shape index (κ3) is 6.19. The number of amides is 2. The van der Waals surface area contributed by atoms with Crippen LogP contribution in [-0.4, -0.2) is 59.1 Å². The SMILES string of the molecule is Cc1ccccc1CN1C(=O)/C(=C\c2ccc(C(=O)N3CCN(c4cccc(Cl)c4)CC3)cc2)SC2CCCCC21. The molecule has 3 aliphatic rings. The van der Waals surface area contributed by atoms with Crippen molar-refractivity contribution >= 4 is 46.9 Å². The molecule has 2 saturated heterocycles. The van der Waals surface area contributed by atoms with E-state index in [1.807, 2.05) is 53.4 Å². The molecule has 0 N–H and O–H groups in total. The van der Waals surface area contributed by atoms with Gasteiger partial charge in [0.2, 0.25) is 0 Å². The molecule has 5 nitrogen and oxygen atoms in total. The molecule has 0 bridgehead atoms. The van der Waals surface area contributed by atoms with Crippen LogP contribution in [0.25, 0.3) is 6.08 Å². The molecule has 3 aromatic rings. The zero-order valence-corrected chi connectivity index (χ0v) is 25.0. The first-order valence-corrected chi connectivity index (χ1v) is 15.9. The summed E-state index contributed by atoms with van der Waals surface area (Å²) in [5.41, 5.74) is 5.16. The van der Waals surface area contributed by atoms with Crippen LogP contribution >= 0.6 is 23.4 Å². The molecule has 3 fully saturated rings. The first kappa shape index (κ1) is 27.9. The summed E-state index contributed by atoms with van der Waals surface area (Å²) in [7, 11) is 0. The van der Waals surface area contributed by atoms with Gasteiger partial charge in [-0.05, 0) is 72.9 Å². The van der Waals surface area contributed by atoms with Crippen molar-refractivity contribution in [3.63, 3.8) is 0 Å². The number of hydrogen-bond acceptors (Lipinski definition) is 4. The lowest BCUT2D eigenvalue weighted by Crippen LogP contribution is -2.50. The van der Waals surface area contributed by atoms with Gasteiger partial charge in [0.05, 0.1) is 4.91 Å². The third-order valence-corrected chi connectivity index (χ3v) is 10.2. The largest absolute Gasteiger partial charge is 0.368 e. The summed E-state index contributed by atoms with van der Waals surface area (Å²) >= 11 is 7.91. The summed E-state index contributed by atoms with van der Waals surface area (Å²) in [5.74, 6) is 0.173. The topological polar surface area (TPSA) is 43.9 Å². The Bertz CT molecular complexity index is 1450. The minimum absolute atomic E-state index is 0.0486. The van der Waals surface area contributed by atoms with E-state index in [0.29, 0.717) is 30.4 Å². The van der Waals surface area contributed by atoms with E-state index in [9.17, 15) is 9.59 Å². The van der Waals surface area contributed by atoms with Crippen LogP contribution in [0.4, 0.5) is 5.69 Å². The van der Waals surface area contributed by atoms with Crippen LogP contribution in [0.15, 0.2) is 77.7 Å². The number of nitrogens with zero attached hydrogens (tertiary/aromatic N) is 3. The normalized spacial score (nSPS) is 22.1. The number of carbonyl (C=O) groups excluding carboxylic acids is 2. The summed E-state index contributed by atoms with van der Waals surface area (Å²) in [6.07, 6.45) is 6.64. The Labute approximate surface area is 252 Å². The van der Waals surface area contributed by atoms with Crippen molar-refractivity contribution in [3.8, 4) is 0 Å². The van der Waals surface area contributed by atoms with Gasteiger partial charge >= 0.3 is 0 Å². The Kier molecular flexibility index (Phi) is 8.40. The van der Waals surface area contributed by atoms with Crippen LogP contribution in [0, 0.1) is 6.92 Å². The second-order valence-electron chi connectivity index (χ2n) is 11.3. The molecule has 2 unspecified atom stereocenters. The number of aryl methyl sites for hydroxylation is 1. The Hall–Kier alpha value is -3.22. The Morgan fingerprint density at radius 2 is 1.71 bits per heavy atom. The second-order valence-corrected chi connectivity index (χ2v) is 13.0. The highest BCUT2D eigenvalue weighted by Crippen LogP contribution is 2.43. The Morgan fingerprint density at radius 3 is 2.46 bits per heavy atom. The average Bonchev–Trinajstić information content (AvgIpc) is 3.00. The maximum atomic E-state index is 13.8. The van der Waals surface area contributed by atoms with Crippen molar-refractivity contribution in [2.75, 3.05) is 31.1 Å². The molecule has 7 heteroatoms. The molecular formula is C34H36ClN3O2S. The van der Waals surface area contributed by atoms with Crippen molar-refractivity contribution in [3.05, 3.63) is 105 Å². The van der Waals surface area contributed by atoms with Crippen molar-refractivity contribution in [1.29, 1.82) is 0 Å². The van der Waals surface area contributed by atoms with Gasteiger partial charge in [0, 0.05) is 60.3 Å². The van der Waals surface area contributed by atoms with Gasteiger partial charge in [-0.2, -0.15) is 0 Å². The number of halogens is 1. The zero-order chi connectivity index (χ0) is 28.3. The van der Waals surface area contributed by atoms with Crippen LogP contribution in [0.1, 0.15) is 52.7 Å². The summed E-state index contributed by atoms with van der Waals surface area (Å²) < 4.78 is 0. The number of fused-ring (bicyclic) bond motifs is 1. The summed E-state index contributed by atoms with van der Waals surface area (Å²) in [6.45, 7) is 5.66. The molecule has 0 radical (unpaired) electrons. The van der Waals surface area contributed by atoms with Crippen LogP contribution in [-0.2, 0) is 11.3 Å². The number of piperazine rings is 1. The van der Waals surface area contributed by atoms with E-state index in [-0.39, 0.29) is 17.9 Å². The van der Waals surface area contributed by atoms with E-state index in [4.69, 9.17) is 11.6 Å². The van der Waals surface area contributed by atoms with Crippen molar-refractivity contribution in [2.24, 2.45) is 0 Å². The highest BCUT2D eigenvalue weighted by atomic mass is 35.5. The summed E-state index contributed by atoms with van der Waals surface area (Å²) in [6, 6.07) is 24.2. The molecule has 2 atom stereocenters. The number of benzene rings is 3. The van der Waals surface area contributed by atoms with E-state index in [0.717, 1.165) is 47.1 Å². The Morgan fingerprint density at radius 1 is 0.951 bits per heavy atom. The predicted molar refractivity (Wildman–Crippen MR) is 169 cm³/mol. The maximum absolute atomic E-state index is 13.8. The fourth-order valence-electron chi connectivity index (χ4n) is 6.23. The molecule has 2 aliphatic heterocycles. The number of thioether (sulfide) groups is 1. The van der Waals surface area contributed by atoms with Gasteiger partial charge in [0.25, 0.3) is 11.8 Å². The fraction of sp³-hybridized carbons (Fsp3) is 0.353. The molecule has 2 amide bonds. The lowest BCUT2D eigenvalue weighted by Gasteiger charge is -2.44. The van der Waals surface area contributed by atoms with Gasteiger partial charge in [-0.15, -0.1) is 11.8 Å². The molecule has 0 aromatic heterocycles. The van der Waals surface area contributed by atoms with E-state index < -0.39 is 0 Å². The van der Waals surface area contributed by atoms with E-state index >= 15 is 0 Å². The van der Waals surface area contributed by atoms with Gasteiger partial charge in [0.1, 0.15) is 0 Å². The minimum Gasteiger partial charge on any atom is -0.368 e. The maximum Gasteiger partial charge on any atom is 0.260 e. The van der Waals surface area contributed by atoms with Gasteiger partial charge in [-0.1, -0.05) is 66.9 Å². The second kappa shape index (κ2) is 12.3. The van der Waals surface area contributed by atoms with Crippen LogP contribution in [0.3, 0.4) is 0 Å². The van der Waals surface area contributed by atoms with Gasteiger partial charge in [-0.25, -0.2) is 0 Å². The smallest absolute Gasteiger partial charge is 0.260 e. The Balaban J connectivity index is 1.14. The summed E-state index contributed by atoms with van der Waals surface area (Å²) in [4.78, 5) is 34.2. The van der Waals surface area contributed by atoms with Crippen LogP contribution in [0.5, 0.6) is 0 Å². The molecule has 6 rings (SSSR count). The number of carbonyl (C=O) groups is 2. The molecule has 2 heterocycles. The van der Waals surface area contributed by atoms with Crippen molar-refractivity contribution in [2.45, 2.75) is 50.4 Å². The molecule has 212 valence electrons. The third-order valence-electron chi connectivity index (χ3n) is 8.62. The highest BCUT2D eigenvalue weighted by molar-refractivity contribution is 8.04. The monoisotopic (exact) mass is 585 g/mol. The van der Waals surface area contributed by atoms with E-state index in [1.165, 1.54) is 24.0 Å². The van der Waals surface area contributed by atoms with Crippen molar-refractivity contribution < 1.29 is 9.59 Å². The first-order valence-electron chi connectivity index (χ1n) is 14.6. The molecule has 1 aliphatic carbocycles. The van der Waals surface area contributed by atoms with E-state index in [2.05, 4.69) is 47.1 Å². The summed E-state index contributed by atoms with van der Waals surface area (Å²) in [5, 5.41) is 1.16. The lowest BCUT2D eigenvalue weighted by atomic mass is 9.92. The zero-order valence-electron chi connectivity index (χ0n) is 23.5. The quantitative estimate of drug-likeness (QED) is 0.301. The van der Waals surface area contributed by atoms with Gasteiger partial charge in [-0.3, -0.25) is 9.59 Å². The highest BCUT2D eigenvalue weighted by Gasteiger charge is 2.40. The minimum atomic E-state index is 0.0486. The lowest BCUT2D eigenvalue weighted by molar-refractivity contribution is -0.130. The molecule has 3 aromatic carbocycles. The molecular weight excluding hydrogens is 550 g/mol. The van der Waals surface area contributed by atoms with Gasteiger partial charge in [0.15, 0.2) is 0 Å². The molecule has 1 saturated carbocycles. The number of anilines is 1. The standard InChI is InChI=1S/C34H36ClN3O2S/c1-24-7-2-3-8-27(24)23-38-30-11-4-5-12-31(30)41-32(34(38)40)21-25-13-15-26(16-14-25)33(39)37-19-17-36(18-20-37)29-10-6-9-28(35)22-29/h2-3,6-10,13-16,21-22,30-31H,4-5,11-12,17-20,23H2,1H3/b32-21+. The average molecular weight is 586 g/mol. The first-order chi connectivity index (χ1) is 20.0. The number of hydrogen-bond donors (Lipinski definition) is 0. The fourth-order valence-corrected chi connectivity index (χ4v) is 7.89. The van der Waals surface area contributed by atoms with E-state index in [1.54, 1.807) is 11.8 Å². The van der Waals surface area contributed by atoms with Crippen LogP contribution < -0.4 is 4.90 Å². The molecule has 0 spiro atoms.